The first kappa shape index (κ1) is 32.0. The molecule has 0 heterocycles. The summed E-state index contributed by atoms with van der Waals surface area (Å²) in [6.07, 6.45) is -8.12. The van der Waals surface area contributed by atoms with E-state index >= 15 is 0 Å². The molecule has 0 spiro atoms. The molecule has 32 heavy (non-hydrogen) atoms. The highest BCUT2D eigenvalue weighted by atomic mass is 32.2. The van der Waals surface area contributed by atoms with Gasteiger partial charge in [-0.15, -0.1) is 0 Å². The molecule has 0 rings (SSSR count). The van der Waals surface area contributed by atoms with Gasteiger partial charge in [0, 0.05) is 6.92 Å². The van der Waals surface area contributed by atoms with Gasteiger partial charge >= 0.3 is 15.6 Å². The molecule has 17 heteroatoms. The summed E-state index contributed by atoms with van der Waals surface area (Å²) in [4.78, 5) is 57.6. The van der Waals surface area contributed by atoms with Crippen LogP contribution in [-0.2, 0) is 34.1 Å². The third-order valence-corrected chi connectivity index (χ3v) is 4.67. The van der Waals surface area contributed by atoms with Gasteiger partial charge in [-0.1, -0.05) is 0 Å². The molecular formula is C15H21F3O13S. The Bertz CT molecular complexity index is 881. The van der Waals surface area contributed by atoms with Crippen LogP contribution in [0.4, 0.5) is 13.2 Å². The van der Waals surface area contributed by atoms with E-state index in [-0.39, 0.29) is 0 Å². The number of rotatable bonds is 9. The van der Waals surface area contributed by atoms with Gasteiger partial charge in [-0.25, -0.2) is 0 Å². The van der Waals surface area contributed by atoms with Crippen LogP contribution >= 0.6 is 0 Å². The summed E-state index contributed by atoms with van der Waals surface area (Å²) in [5, 5.41) is 50.4. The van der Waals surface area contributed by atoms with Crippen LogP contribution < -0.4 is 0 Å². The van der Waals surface area contributed by atoms with Crippen molar-refractivity contribution in [1.82, 2.24) is 0 Å². The third-order valence-electron chi connectivity index (χ3n) is 4.08. The van der Waals surface area contributed by atoms with E-state index in [1.165, 1.54) is 0 Å². The Hall–Kier alpha value is -2.15. The van der Waals surface area contributed by atoms with Crippen LogP contribution in [0.3, 0.4) is 0 Å². The lowest BCUT2D eigenvalue weighted by Gasteiger charge is -2.45. The maximum Gasteiger partial charge on any atom is 0.522 e. The van der Waals surface area contributed by atoms with E-state index in [1.54, 1.807) is 0 Å². The highest BCUT2D eigenvalue weighted by Crippen LogP contribution is 2.34. The minimum Gasteiger partial charge on any atom is -0.386 e. The normalized spacial score (nSPS) is 18.5. The molecule has 0 fully saturated rings. The van der Waals surface area contributed by atoms with Crippen LogP contribution in [0.2, 0.25) is 0 Å². The van der Waals surface area contributed by atoms with E-state index in [9.17, 15) is 62.7 Å². The smallest absolute Gasteiger partial charge is 0.386 e. The number of carbonyl (C=O) groups excluding carboxylic acids is 5. The van der Waals surface area contributed by atoms with Gasteiger partial charge in [0.1, 0.15) is 12.2 Å². The zero-order chi connectivity index (χ0) is 26.6. The van der Waals surface area contributed by atoms with Crippen molar-refractivity contribution in [3.05, 3.63) is 0 Å². The summed E-state index contributed by atoms with van der Waals surface area (Å²) in [5.41, 5.74) is -12.9. The molecule has 13 nitrogen and oxygen atoms in total. The Labute approximate surface area is 178 Å². The maximum atomic E-state index is 11.8. The lowest BCUT2D eigenvalue weighted by atomic mass is 9.68. The SMILES string of the molecule is CC(=O)C(=O)[C@@H](O)[C@](O)(C(C)=O)[C@@](O)(C(C)=O)[C@H](O)C(O)C(C)=O.O=S(=O)(O)C(F)(F)F. The molecule has 0 aromatic rings. The number of ketones is 5. The van der Waals surface area contributed by atoms with Crippen LogP contribution in [0.5, 0.6) is 0 Å². The maximum absolute atomic E-state index is 11.8. The molecule has 0 saturated heterocycles. The van der Waals surface area contributed by atoms with Crippen LogP contribution in [0.25, 0.3) is 0 Å². The molecule has 0 bridgehead atoms. The van der Waals surface area contributed by atoms with Gasteiger partial charge in [-0.2, -0.15) is 21.6 Å². The van der Waals surface area contributed by atoms with E-state index in [2.05, 4.69) is 0 Å². The monoisotopic (exact) mass is 498 g/mol. The van der Waals surface area contributed by atoms with E-state index in [0.717, 1.165) is 6.92 Å². The molecular weight excluding hydrogens is 477 g/mol. The second-order valence-corrected chi connectivity index (χ2v) is 7.80. The van der Waals surface area contributed by atoms with Crippen molar-refractivity contribution in [2.45, 2.75) is 62.7 Å². The Balaban J connectivity index is 0. The number of alkyl halides is 3. The van der Waals surface area contributed by atoms with Gasteiger partial charge in [0.15, 0.2) is 40.4 Å². The molecule has 0 saturated carbocycles. The molecule has 0 aromatic heterocycles. The molecule has 0 aliphatic rings. The van der Waals surface area contributed by atoms with Crippen molar-refractivity contribution in [3.8, 4) is 0 Å². The number of aliphatic hydroxyl groups excluding tert-OH is 3. The lowest BCUT2D eigenvalue weighted by Crippen LogP contribution is -2.76. The highest BCUT2D eigenvalue weighted by Gasteiger charge is 2.67. The summed E-state index contributed by atoms with van der Waals surface area (Å²) < 4.78 is 57.5. The Morgan fingerprint density at radius 3 is 1.28 bits per heavy atom. The van der Waals surface area contributed by atoms with Crippen LogP contribution in [0.1, 0.15) is 27.7 Å². The molecule has 186 valence electrons. The predicted molar refractivity (Wildman–Crippen MR) is 93.3 cm³/mol. The van der Waals surface area contributed by atoms with Gasteiger partial charge in [-0.3, -0.25) is 28.5 Å². The minimum absolute atomic E-state index is 0.567. The fourth-order valence-electron chi connectivity index (χ4n) is 2.20. The van der Waals surface area contributed by atoms with E-state index in [1.807, 2.05) is 0 Å². The summed E-state index contributed by atoms with van der Waals surface area (Å²) >= 11 is 0. The van der Waals surface area contributed by atoms with Crippen molar-refractivity contribution >= 4 is 39.0 Å². The van der Waals surface area contributed by atoms with Crippen LogP contribution in [-0.4, -0.2) is 102 Å². The topological polar surface area (TPSA) is 241 Å². The Morgan fingerprint density at radius 2 is 1.09 bits per heavy atom. The first-order chi connectivity index (χ1) is 13.9. The molecule has 1 unspecified atom stereocenters. The second kappa shape index (κ2) is 10.6. The molecule has 0 amide bonds. The quantitative estimate of drug-likeness (QED) is 0.105. The fourth-order valence-corrected chi connectivity index (χ4v) is 2.20. The number of hydrogen-bond acceptors (Lipinski definition) is 12. The summed E-state index contributed by atoms with van der Waals surface area (Å²) in [6, 6.07) is 0. The lowest BCUT2D eigenvalue weighted by molar-refractivity contribution is -0.234. The second-order valence-electron chi connectivity index (χ2n) is 6.39. The number of carbonyl (C=O) groups is 5. The van der Waals surface area contributed by atoms with E-state index in [0.29, 0.717) is 20.8 Å². The summed E-state index contributed by atoms with van der Waals surface area (Å²) in [5.74, 6) is -7.27. The van der Waals surface area contributed by atoms with Crippen molar-refractivity contribution in [2.24, 2.45) is 0 Å². The summed E-state index contributed by atoms with van der Waals surface area (Å²) in [6.45, 7) is 2.62. The van der Waals surface area contributed by atoms with Crippen LogP contribution in [0, 0.1) is 0 Å². The summed E-state index contributed by atoms with van der Waals surface area (Å²) in [7, 11) is -5.84. The molecule has 6 N–H and O–H groups in total. The zero-order valence-electron chi connectivity index (χ0n) is 16.8. The molecule has 0 aliphatic carbocycles. The number of hydrogen-bond donors (Lipinski definition) is 6. The third kappa shape index (κ3) is 6.44. The van der Waals surface area contributed by atoms with E-state index < -0.39 is 74.1 Å². The van der Waals surface area contributed by atoms with Crippen molar-refractivity contribution in [2.75, 3.05) is 0 Å². The van der Waals surface area contributed by atoms with Crippen LogP contribution in [0.15, 0.2) is 0 Å². The Kier molecular flexibility index (Phi) is 10.7. The highest BCUT2D eigenvalue weighted by molar-refractivity contribution is 7.86. The zero-order valence-corrected chi connectivity index (χ0v) is 17.6. The Morgan fingerprint density at radius 1 is 0.781 bits per heavy atom. The number of Topliss-reactive ketones (excluding diaryl/α,β-unsaturated/α-hetero) is 5. The number of halogens is 3. The molecule has 5 atom stereocenters. The largest absolute Gasteiger partial charge is 0.522 e. The van der Waals surface area contributed by atoms with Gasteiger partial charge in [0.25, 0.3) is 0 Å². The standard InChI is InChI=1S/C14H20O10.CHF3O3S/c1-5(15)9(19)11(21)13(23,7(3)17)14(24,8(4)18)12(22)10(20)6(2)16;2-1(3,4)8(5,6)7/h9,11-12,19,21-24H,1-4H3;(H,5,6,7)/t9?,11-,12-,13-,14-;/m1./s1. The number of aliphatic hydroxyl groups is 5. The average molecular weight is 498 g/mol. The van der Waals surface area contributed by atoms with Crippen molar-refractivity contribution < 1.29 is 75.6 Å². The minimum atomic E-state index is -5.84. The average Bonchev–Trinajstić information content (AvgIpc) is 2.62. The van der Waals surface area contributed by atoms with Gasteiger partial charge in [-0.05, 0) is 20.8 Å². The van der Waals surface area contributed by atoms with Gasteiger partial charge in [0.2, 0.25) is 5.78 Å². The molecule has 0 aliphatic heterocycles. The first-order valence-corrected chi connectivity index (χ1v) is 9.46. The van der Waals surface area contributed by atoms with Gasteiger partial charge < -0.3 is 25.5 Å². The first-order valence-electron chi connectivity index (χ1n) is 8.02. The fraction of sp³-hybridized carbons (Fsp3) is 0.667. The van der Waals surface area contributed by atoms with Gasteiger partial charge in [0.05, 0.1) is 0 Å². The van der Waals surface area contributed by atoms with E-state index in [4.69, 9.17) is 13.0 Å². The van der Waals surface area contributed by atoms with Crippen molar-refractivity contribution in [1.29, 1.82) is 0 Å². The van der Waals surface area contributed by atoms with Crippen molar-refractivity contribution in [3.63, 3.8) is 0 Å². The molecule has 0 aromatic carbocycles. The predicted octanol–water partition coefficient (Wildman–Crippen LogP) is -3.15. The molecule has 0 radical (unpaired) electrons.